The van der Waals surface area contributed by atoms with E-state index in [1.807, 2.05) is 11.7 Å². The van der Waals surface area contributed by atoms with Gasteiger partial charge in [0, 0.05) is 24.4 Å². The minimum atomic E-state index is -3.67. The van der Waals surface area contributed by atoms with Gasteiger partial charge in [-0.15, -0.1) is 0 Å². The van der Waals surface area contributed by atoms with Gasteiger partial charge in [-0.05, 0) is 31.4 Å². The van der Waals surface area contributed by atoms with Crippen LogP contribution in [-0.2, 0) is 23.5 Å². The molecule has 1 aliphatic carbocycles. The maximum atomic E-state index is 12.8. The van der Waals surface area contributed by atoms with Gasteiger partial charge in [-0.2, -0.15) is 5.10 Å². The average Bonchev–Trinajstić information content (AvgIpc) is 2.96. The number of hydrogen-bond acceptors (Lipinski definition) is 5. The van der Waals surface area contributed by atoms with Gasteiger partial charge in [-0.25, -0.2) is 13.1 Å². The third kappa shape index (κ3) is 2.99. The van der Waals surface area contributed by atoms with Crippen LogP contribution in [0.3, 0.4) is 0 Å². The summed E-state index contributed by atoms with van der Waals surface area (Å²) in [4.78, 5) is 0.149. The normalized spacial score (nSPS) is 17.4. The Morgan fingerprint density at radius 1 is 1.25 bits per heavy atom. The Balaban J connectivity index is 1.90. The molecule has 1 aromatic carbocycles. The Morgan fingerprint density at radius 3 is 2.71 bits per heavy atom. The highest BCUT2D eigenvalue weighted by molar-refractivity contribution is 7.89. The molecule has 24 heavy (non-hydrogen) atoms. The van der Waals surface area contributed by atoms with Crippen LogP contribution in [0.1, 0.15) is 30.1 Å². The highest BCUT2D eigenvalue weighted by Crippen LogP contribution is 2.33. The fourth-order valence-corrected chi connectivity index (χ4v) is 4.33. The van der Waals surface area contributed by atoms with Crippen LogP contribution in [-0.4, -0.2) is 32.4 Å². The standard InChI is InChI=1S/C16H21N3O4S/c1-19-14-6-4-5-13(12(14)10-17-19)18-24(20,21)11-7-8-15(22-2)16(9-11)23-3/h7-10,13,18H,4-6H2,1-3H3. The molecule has 1 aromatic heterocycles. The minimum absolute atomic E-state index is 0.149. The molecule has 1 unspecified atom stereocenters. The molecule has 0 saturated heterocycles. The van der Waals surface area contributed by atoms with Crippen LogP contribution < -0.4 is 14.2 Å². The average molecular weight is 351 g/mol. The second-order valence-electron chi connectivity index (χ2n) is 5.75. The molecule has 0 saturated carbocycles. The molecule has 1 aliphatic rings. The maximum absolute atomic E-state index is 12.8. The van der Waals surface area contributed by atoms with Crippen molar-refractivity contribution in [2.45, 2.75) is 30.2 Å². The molecule has 0 bridgehead atoms. The van der Waals surface area contributed by atoms with E-state index >= 15 is 0 Å². The molecule has 3 rings (SSSR count). The van der Waals surface area contributed by atoms with Crippen LogP contribution in [0.5, 0.6) is 11.5 Å². The van der Waals surface area contributed by atoms with Crippen molar-refractivity contribution in [2.24, 2.45) is 7.05 Å². The number of benzene rings is 1. The van der Waals surface area contributed by atoms with Crippen molar-refractivity contribution in [3.63, 3.8) is 0 Å². The van der Waals surface area contributed by atoms with E-state index in [9.17, 15) is 8.42 Å². The van der Waals surface area contributed by atoms with Crippen LogP contribution in [0.15, 0.2) is 29.3 Å². The number of aromatic nitrogens is 2. The molecule has 8 heteroatoms. The first-order valence-corrected chi connectivity index (χ1v) is 9.19. The topological polar surface area (TPSA) is 82.5 Å². The van der Waals surface area contributed by atoms with E-state index in [-0.39, 0.29) is 10.9 Å². The number of sulfonamides is 1. The Hall–Kier alpha value is -2.06. The van der Waals surface area contributed by atoms with Crippen molar-refractivity contribution in [1.82, 2.24) is 14.5 Å². The Labute approximate surface area is 141 Å². The first-order chi connectivity index (χ1) is 11.5. The lowest BCUT2D eigenvalue weighted by molar-refractivity contribution is 0.354. The van der Waals surface area contributed by atoms with Gasteiger partial charge in [0.1, 0.15) is 0 Å². The van der Waals surface area contributed by atoms with E-state index < -0.39 is 10.0 Å². The number of fused-ring (bicyclic) bond motifs is 1. The van der Waals surface area contributed by atoms with Gasteiger partial charge in [-0.1, -0.05) is 0 Å². The molecule has 0 radical (unpaired) electrons. The predicted molar refractivity (Wildman–Crippen MR) is 88.8 cm³/mol. The van der Waals surface area contributed by atoms with Crippen molar-refractivity contribution in [3.8, 4) is 11.5 Å². The van der Waals surface area contributed by atoms with Crippen LogP contribution in [0.4, 0.5) is 0 Å². The highest BCUT2D eigenvalue weighted by atomic mass is 32.2. The fourth-order valence-electron chi connectivity index (χ4n) is 3.07. The second-order valence-corrected chi connectivity index (χ2v) is 7.47. The SMILES string of the molecule is COc1ccc(S(=O)(=O)NC2CCCc3c2cnn3C)cc1OC. The number of methoxy groups -OCH3 is 2. The molecule has 2 aromatic rings. The lowest BCUT2D eigenvalue weighted by Crippen LogP contribution is -2.31. The second kappa shape index (κ2) is 6.45. The van der Waals surface area contributed by atoms with Gasteiger partial charge in [0.25, 0.3) is 0 Å². The van der Waals surface area contributed by atoms with E-state index in [0.717, 1.165) is 30.5 Å². The van der Waals surface area contributed by atoms with Crippen LogP contribution >= 0.6 is 0 Å². The number of ether oxygens (including phenoxy) is 2. The number of nitrogens with one attached hydrogen (secondary N) is 1. The summed E-state index contributed by atoms with van der Waals surface area (Å²) in [6.45, 7) is 0. The number of hydrogen-bond donors (Lipinski definition) is 1. The maximum Gasteiger partial charge on any atom is 0.241 e. The molecule has 1 atom stereocenters. The van der Waals surface area contributed by atoms with Crippen LogP contribution in [0.2, 0.25) is 0 Å². The predicted octanol–water partition coefficient (Wildman–Crippen LogP) is 1.79. The van der Waals surface area contributed by atoms with Crippen molar-refractivity contribution in [1.29, 1.82) is 0 Å². The summed E-state index contributed by atoms with van der Waals surface area (Å²) in [7, 11) is 1.19. The zero-order valence-electron chi connectivity index (χ0n) is 13.9. The zero-order chi connectivity index (χ0) is 17.3. The summed E-state index contributed by atoms with van der Waals surface area (Å²) in [5.41, 5.74) is 2.04. The Bertz CT molecular complexity index is 845. The van der Waals surface area contributed by atoms with Crippen LogP contribution in [0.25, 0.3) is 0 Å². The summed E-state index contributed by atoms with van der Waals surface area (Å²) in [5, 5.41) is 4.25. The highest BCUT2D eigenvalue weighted by Gasteiger charge is 2.28. The van der Waals surface area contributed by atoms with E-state index in [0.29, 0.717) is 11.5 Å². The number of nitrogens with zero attached hydrogens (tertiary/aromatic N) is 2. The molecule has 1 heterocycles. The molecule has 0 amide bonds. The van der Waals surface area contributed by atoms with Gasteiger partial charge in [-0.3, -0.25) is 4.68 Å². The molecule has 0 aliphatic heterocycles. The first-order valence-electron chi connectivity index (χ1n) is 7.71. The largest absolute Gasteiger partial charge is 0.493 e. The van der Waals surface area contributed by atoms with Gasteiger partial charge in [0.15, 0.2) is 11.5 Å². The zero-order valence-corrected chi connectivity index (χ0v) is 14.8. The van der Waals surface area contributed by atoms with Crippen molar-refractivity contribution in [2.75, 3.05) is 14.2 Å². The van der Waals surface area contributed by atoms with E-state index in [2.05, 4.69) is 9.82 Å². The summed E-state index contributed by atoms with van der Waals surface area (Å²) < 4.78 is 40.4. The quantitative estimate of drug-likeness (QED) is 0.888. The molecule has 0 spiro atoms. The summed E-state index contributed by atoms with van der Waals surface area (Å²) >= 11 is 0. The lowest BCUT2D eigenvalue weighted by Gasteiger charge is -2.23. The lowest BCUT2D eigenvalue weighted by atomic mass is 9.94. The number of rotatable bonds is 5. The Morgan fingerprint density at radius 2 is 2.00 bits per heavy atom. The van der Waals surface area contributed by atoms with Crippen molar-refractivity contribution < 1.29 is 17.9 Å². The fraction of sp³-hybridized carbons (Fsp3) is 0.438. The van der Waals surface area contributed by atoms with Crippen LogP contribution in [0, 0.1) is 0 Å². The van der Waals surface area contributed by atoms with Gasteiger partial charge < -0.3 is 9.47 Å². The van der Waals surface area contributed by atoms with E-state index in [1.54, 1.807) is 12.3 Å². The summed E-state index contributed by atoms with van der Waals surface area (Å²) in [6.07, 6.45) is 4.34. The molecule has 0 fully saturated rings. The number of aryl methyl sites for hydroxylation is 1. The molecular formula is C16H21N3O4S. The van der Waals surface area contributed by atoms with Gasteiger partial charge in [0.05, 0.1) is 31.4 Å². The third-order valence-corrected chi connectivity index (χ3v) is 5.81. The molecule has 130 valence electrons. The van der Waals surface area contributed by atoms with Gasteiger partial charge in [0.2, 0.25) is 10.0 Å². The monoisotopic (exact) mass is 351 g/mol. The Kier molecular flexibility index (Phi) is 4.51. The third-order valence-electron chi connectivity index (χ3n) is 4.34. The van der Waals surface area contributed by atoms with E-state index in [1.165, 1.54) is 26.4 Å². The smallest absolute Gasteiger partial charge is 0.241 e. The molecule has 7 nitrogen and oxygen atoms in total. The minimum Gasteiger partial charge on any atom is -0.493 e. The first kappa shape index (κ1) is 16.8. The van der Waals surface area contributed by atoms with E-state index in [4.69, 9.17) is 9.47 Å². The van der Waals surface area contributed by atoms with Crippen molar-refractivity contribution in [3.05, 3.63) is 35.7 Å². The van der Waals surface area contributed by atoms with Gasteiger partial charge >= 0.3 is 0 Å². The molecule has 1 N–H and O–H groups in total. The van der Waals surface area contributed by atoms with Crippen molar-refractivity contribution >= 4 is 10.0 Å². The molecular weight excluding hydrogens is 330 g/mol. The summed E-state index contributed by atoms with van der Waals surface area (Å²) in [5.74, 6) is 0.870. The summed E-state index contributed by atoms with van der Waals surface area (Å²) in [6, 6.07) is 4.30.